The largest absolute Gasteiger partial charge is 0.354 e. The number of fused-ring (bicyclic) bond motifs is 1. The SMILES string of the molecule is CN=C(NCc1nc2cc(Cl)ccc2s1)NC1CC1. The molecule has 6 heteroatoms. The zero-order chi connectivity index (χ0) is 13.2. The van der Waals surface area contributed by atoms with Gasteiger partial charge in [0.1, 0.15) is 5.01 Å². The van der Waals surface area contributed by atoms with Gasteiger partial charge in [0.2, 0.25) is 0 Å². The average Bonchev–Trinajstić information content (AvgIpc) is 3.13. The second kappa shape index (κ2) is 5.35. The molecule has 0 amide bonds. The first-order valence-electron chi connectivity index (χ1n) is 6.27. The number of nitrogens with one attached hydrogen (secondary N) is 2. The second-order valence-corrected chi connectivity index (χ2v) is 6.12. The van der Waals surface area contributed by atoms with Crippen molar-refractivity contribution in [3.8, 4) is 0 Å². The molecule has 1 heterocycles. The summed E-state index contributed by atoms with van der Waals surface area (Å²) >= 11 is 7.64. The van der Waals surface area contributed by atoms with Crippen molar-refractivity contribution in [1.82, 2.24) is 15.6 Å². The number of thiazole rings is 1. The van der Waals surface area contributed by atoms with Gasteiger partial charge in [-0.2, -0.15) is 0 Å². The number of nitrogens with zero attached hydrogens (tertiary/aromatic N) is 2. The highest BCUT2D eigenvalue weighted by molar-refractivity contribution is 7.18. The summed E-state index contributed by atoms with van der Waals surface area (Å²) in [5, 5.41) is 8.40. The Labute approximate surface area is 120 Å². The third kappa shape index (κ3) is 3.16. The maximum Gasteiger partial charge on any atom is 0.191 e. The standard InChI is InChI=1S/C13H15ClN4S/c1-15-13(17-9-3-4-9)16-7-12-18-10-6-8(14)2-5-11(10)19-12/h2,5-6,9H,3-4,7H2,1H3,(H2,15,16,17). The van der Waals surface area contributed by atoms with E-state index in [-0.39, 0.29) is 0 Å². The number of guanidine groups is 1. The highest BCUT2D eigenvalue weighted by Gasteiger charge is 2.22. The van der Waals surface area contributed by atoms with Crippen LogP contribution in [0.15, 0.2) is 23.2 Å². The minimum Gasteiger partial charge on any atom is -0.354 e. The number of aliphatic imine (C=N–C) groups is 1. The molecule has 1 aliphatic carbocycles. The maximum atomic E-state index is 5.96. The molecule has 0 spiro atoms. The summed E-state index contributed by atoms with van der Waals surface area (Å²) in [7, 11) is 1.79. The number of aromatic nitrogens is 1. The topological polar surface area (TPSA) is 49.3 Å². The molecular weight excluding hydrogens is 280 g/mol. The van der Waals surface area contributed by atoms with Crippen LogP contribution in [0.25, 0.3) is 10.2 Å². The molecule has 1 aromatic carbocycles. The summed E-state index contributed by atoms with van der Waals surface area (Å²) in [4.78, 5) is 8.76. The summed E-state index contributed by atoms with van der Waals surface area (Å²) in [5.74, 6) is 0.847. The van der Waals surface area contributed by atoms with Gasteiger partial charge in [-0.05, 0) is 31.0 Å². The fourth-order valence-electron chi connectivity index (χ4n) is 1.80. The first-order valence-corrected chi connectivity index (χ1v) is 7.46. The number of halogens is 1. The molecule has 1 fully saturated rings. The Morgan fingerprint density at radius 1 is 1.53 bits per heavy atom. The molecule has 0 radical (unpaired) electrons. The predicted octanol–water partition coefficient (Wildman–Crippen LogP) is 2.78. The van der Waals surface area contributed by atoms with Gasteiger partial charge in [-0.1, -0.05) is 11.6 Å². The van der Waals surface area contributed by atoms with Crippen molar-refractivity contribution >= 4 is 39.1 Å². The summed E-state index contributed by atoms with van der Waals surface area (Å²) in [6, 6.07) is 6.40. The Balaban J connectivity index is 1.67. The van der Waals surface area contributed by atoms with E-state index in [2.05, 4.69) is 20.6 Å². The van der Waals surface area contributed by atoms with E-state index in [0.29, 0.717) is 12.6 Å². The first-order chi connectivity index (χ1) is 9.24. The molecule has 100 valence electrons. The summed E-state index contributed by atoms with van der Waals surface area (Å²) < 4.78 is 1.16. The highest BCUT2D eigenvalue weighted by atomic mass is 35.5. The van der Waals surface area contributed by atoms with Crippen LogP contribution in [0.3, 0.4) is 0 Å². The van der Waals surface area contributed by atoms with E-state index in [1.165, 1.54) is 12.8 Å². The molecule has 4 nitrogen and oxygen atoms in total. The summed E-state index contributed by atoms with van der Waals surface area (Å²) in [6.07, 6.45) is 2.47. The normalized spacial score (nSPS) is 15.8. The molecule has 2 N–H and O–H groups in total. The van der Waals surface area contributed by atoms with Crippen LogP contribution in [0.5, 0.6) is 0 Å². The third-order valence-electron chi connectivity index (χ3n) is 2.94. The zero-order valence-corrected chi connectivity index (χ0v) is 12.2. The summed E-state index contributed by atoms with van der Waals surface area (Å²) in [5.41, 5.74) is 0.958. The van der Waals surface area contributed by atoms with Gasteiger partial charge in [0.15, 0.2) is 5.96 Å². The molecule has 1 aliphatic rings. The van der Waals surface area contributed by atoms with Crippen molar-refractivity contribution in [2.24, 2.45) is 4.99 Å². The van der Waals surface area contributed by atoms with Crippen LogP contribution in [-0.4, -0.2) is 24.0 Å². The Morgan fingerprint density at radius 3 is 3.11 bits per heavy atom. The first kappa shape index (κ1) is 12.7. The van der Waals surface area contributed by atoms with Crippen molar-refractivity contribution in [3.05, 3.63) is 28.2 Å². The lowest BCUT2D eigenvalue weighted by Gasteiger charge is -2.09. The molecule has 0 aliphatic heterocycles. The number of hydrogen-bond donors (Lipinski definition) is 2. The molecule has 0 atom stereocenters. The number of hydrogen-bond acceptors (Lipinski definition) is 3. The Morgan fingerprint density at radius 2 is 2.37 bits per heavy atom. The molecule has 0 saturated heterocycles. The van der Waals surface area contributed by atoms with Crippen LogP contribution in [0.4, 0.5) is 0 Å². The van der Waals surface area contributed by atoms with Crippen molar-refractivity contribution in [3.63, 3.8) is 0 Å². The summed E-state index contributed by atoms with van der Waals surface area (Å²) in [6.45, 7) is 0.684. The van der Waals surface area contributed by atoms with Crippen molar-refractivity contribution < 1.29 is 0 Å². The van der Waals surface area contributed by atoms with Crippen LogP contribution in [-0.2, 0) is 6.54 Å². The molecule has 3 rings (SSSR count). The van der Waals surface area contributed by atoms with Gasteiger partial charge in [0.05, 0.1) is 16.8 Å². The molecule has 1 aromatic heterocycles. The number of benzene rings is 1. The fraction of sp³-hybridized carbons (Fsp3) is 0.385. The maximum absolute atomic E-state index is 5.96. The lowest BCUT2D eigenvalue weighted by molar-refractivity contribution is 0.803. The lowest BCUT2D eigenvalue weighted by Crippen LogP contribution is -2.37. The van der Waals surface area contributed by atoms with Gasteiger partial charge in [-0.15, -0.1) is 11.3 Å². The fourth-order valence-corrected chi connectivity index (χ4v) is 2.85. The van der Waals surface area contributed by atoms with Gasteiger partial charge in [-0.3, -0.25) is 4.99 Å². The quantitative estimate of drug-likeness (QED) is 0.676. The van der Waals surface area contributed by atoms with Crippen LogP contribution >= 0.6 is 22.9 Å². The average molecular weight is 295 g/mol. The molecule has 2 aromatic rings. The zero-order valence-electron chi connectivity index (χ0n) is 10.6. The van der Waals surface area contributed by atoms with E-state index in [0.717, 1.165) is 26.2 Å². The Bertz CT molecular complexity index is 618. The van der Waals surface area contributed by atoms with E-state index >= 15 is 0 Å². The van der Waals surface area contributed by atoms with E-state index in [1.807, 2.05) is 18.2 Å². The van der Waals surface area contributed by atoms with E-state index in [4.69, 9.17) is 11.6 Å². The lowest BCUT2D eigenvalue weighted by atomic mass is 10.3. The number of rotatable bonds is 3. The smallest absolute Gasteiger partial charge is 0.191 e. The van der Waals surface area contributed by atoms with Gasteiger partial charge in [0, 0.05) is 18.1 Å². The van der Waals surface area contributed by atoms with E-state index in [1.54, 1.807) is 18.4 Å². The minimum atomic E-state index is 0.598. The molecule has 0 unspecified atom stereocenters. The van der Waals surface area contributed by atoms with Gasteiger partial charge in [-0.25, -0.2) is 4.98 Å². The molecule has 1 saturated carbocycles. The highest BCUT2D eigenvalue weighted by Crippen LogP contribution is 2.24. The second-order valence-electron chi connectivity index (χ2n) is 4.56. The Kier molecular flexibility index (Phi) is 3.57. The van der Waals surface area contributed by atoms with Crippen molar-refractivity contribution in [1.29, 1.82) is 0 Å². The Hall–Kier alpha value is -1.33. The molecular formula is C13H15ClN4S. The monoisotopic (exact) mass is 294 g/mol. The van der Waals surface area contributed by atoms with Gasteiger partial charge in [0.25, 0.3) is 0 Å². The van der Waals surface area contributed by atoms with E-state index < -0.39 is 0 Å². The third-order valence-corrected chi connectivity index (χ3v) is 4.21. The van der Waals surface area contributed by atoms with Crippen LogP contribution in [0.2, 0.25) is 5.02 Å². The van der Waals surface area contributed by atoms with Gasteiger partial charge < -0.3 is 10.6 Å². The molecule has 19 heavy (non-hydrogen) atoms. The van der Waals surface area contributed by atoms with Gasteiger partial charge >= 0.3 is 0 Å². The van der Waals surface area contributed by atoms with Crippen LogP contribution < -0.4 is 10.6 Å². The predicted molar refractivity (Wildman–Crippen MR) is 81.0 cm³/mol. The minimum absolute atomic E-state index is 0.598. The van der Waals surface area contributed by atoms with Crippen molar-refractivity contribution in [2.75, 3.05) is 7.05 Å². The van der Waals surface area contributed by atoms with E-state index in [9.17, 15) is 0 Å². The van der Waals surface area contributed by atoms with Crippen LogP contribution in [0.1, 0.15) is 17.8 Å². The van der Waals surface area contributed by atoms with Crippen molar-refractivity contribution in [2.45, 2.75) is 25.4 Å². The molecule has 0 bridgehead atoms. The van der Waals surface area contributed by atoms with Crippen LogP contribution in [0, 0.1) is 0 Å².